The molecule has 0 saturated carbocycles. The molecule has 0 amide bonds. The van der Waals surface area contributed by atoms with Gasteiger partial charge in [-0.05, 0) is 32.8 Å². The van der Waals surface area contributed by atoms with E-state index in [1.165, 1.54) is 6.20 Å². The van der Waals surface area contributed by atoms with Gasteiger partial charge in [-0.1, -0.05) is 30.3 Å². The fraction of sp³-hybridized carbons (Fsp3) is 0.375. The van der Waals surface area contributed by atoms with Gasteiger partial charge in [0.15, 0.2) is 0 Å². The molecule has 4 heteroatoms. The lowest BCUT2D eigenvalue weighted by molar-refractivity contribution is -0.157. The molecule has 1 unspecified atom stereocenters. The highest BCUT2D eigenvalue weighted by Gasteiger charge is 2.29. The van der Waals surface area contributed by atoms with Crippen LogP contribution in [0.4, 0.5) is 0 Å². The number of carbonyl (C=O) groups is 1. The highest BCUT2D eigenvalue weighted by molar-refractivity contribution is 5.78. The molecule has 1 radical (unpaired) electrons. The molecule has 0 aliphatic carbocycles. The van der Waals surface area contributed by atoms with Gasteiger partial charge in [-0.15, -0.1) is 0 Å². The molecule has 0 saturated heterocycles. The molecule has 1 heterocycles. The Morgan fingerprint density at radius 1 is 1.35 bits per heavy atom. The van der Waals surface area contributed by atoms with Crippen molar-refractivity contribution in [3.8, 4) is 0 Å². The van der Waals surface area contributed by atoms with E-state index in [1.807, 2.05) is 51.1 Å². The summed E-state index contributed by atoms with van der Waals surface area (Å²) < 4.78 is 10.6. The molecule has 105 valence electrons. The van der Waals surface area contributed by atoms with Gasteiger partial charge in [-0.3, -0.25) is 4.79 Å². The van der Waals surface area contributed by atoms with E-state index in [1.54, 1.807) is 0 Å². The van der Waals surface area contributed by atoms with Crippen LogP contribution in [0.2, 0.25) is 0 Å². The van der Waals surface area contributed by atoms with Crippen molar-refractivity contribution in [1.29, 1.82) is 0 Å². The number of aromatic nitrogens is 1. The topological polar surface area (TPSA) is 52.3 Å². The van der Waals surface area contributed by atoms with Gasteiger partial charge in [0, 0.05) is 0 Å². The predicted octanol–water partition coefficient (Wildman–Crippen LogP) is 3.14. The van der Waals surface area contributed by atoms with Gasteiger partial charge in [-0.25, -0.2) is 4.98 Å². The van der Waals surface area contributed by atoms with Gasteiger partial charge in [0.05, 0.1) is 6.20 Å². The number of carbonyl (C=O) groups excluding carboxylic acids is 1. The summed E-state index contributed by atoms with van der Waals surface area (Å²) in [5.41, 5.74) is 0.509. The molecule has 0 bridgehead atoms. The average Bonchev–Trinajstić information content (AvgIpc) is 2.88. The molecule has 2 aromatic rings. The summed E-state index contributed by atoms with van der Waals surface area (Å²) >= 11 is 0. The summed E-state index contributed by atoms with van der Waals surface area (Å²) in [5, 5.41) is 0. The molecule has 0 spiro atoms. The van der Waals surface area contributed by atoms with E-state index in [0.717, 1.165) is 5.56 Å². The van der Waals surface area contributed by atoms with Crippen LogP contribution in [0.15, 0.2) is 40.9 Å². The maximum Gasteiger partial charge on any atom is 0.317 e. The molecule has 0 fully saturated rings. The third kappa shape index (κ3) is 3.95. The first-order valence-electron chi connectivity index (χ1n) is 6.54. The lowest BCUT2D eigenvalue weighted by Gasteiger charge is -2.23. The minimum atomic E-state index is -0.532. The summed E-state index contributed by atoms with van der Waals surface area (Å²) in [6.07, 6.45) is 4.41. The Labute approximate surface area is 118 Å². The van der Waals surface area contributed by atoms with Gasteiger partial charge in [0.1, 0.15) is 17.3 Å². The predicted molar refractivity (Wildman–Crippen MR) is 74.1 cm³/mol. The normalized spacial score (nSPS) is 12.9. The SMILES string of the molecule is CC(C)(C)OC(=O)C(Cc1ccccc1)c1cn[c]o1. The Morgan fingerprint density at radius 3 is 2.60 bits per heavy atom. The maximum atomic E-state index is 12.3. The van der Waals surface area contributed by atoms with Crippen LogP contribution in [0, 0.1) is 6.39 Å². The van der Waals surface area contributed by atoms with Crippen LogP contribution < -0.4 is 0 Å². The van der Waals surface area contributed by atoms with E-state index in [2.05, 4.69) is 11.4 Å². The molecule has 1 aromatic carbocycles. The van der Waals surface area contributed by atoms with Gasteiger partial charge in [-0.2, -0.15) is 0 Å². The number of hydrogen-bond donors (Lipinski definition) is 0. The van der Waals surface area contributed by atoms with Crippen molar-refractivity contribution < 1.29 is 13.9 Å². The first-order valence-corrected chi connectivity index (χ1v) is 6.54. The maximum absolute atomic E-state index is 12.3. The highest BCUT2D eigenvalue weighted by Crippen LogP contribution is 2.24. The molecular formula is C16H18NO3. The first kappa shape index (κ1) is 14.3. The Hall–Kier alpha value is -2.10. The van der Waals surface area contributed by atoms with E-state index in [4.69, 9.17) is 9.15 Å². The molecule has 0 aliphatic heterocycles. The molecule has 0 N–H and O–H groups in total. The van der Waals surface area contributed by atoms with Gasteiger partial charge in [0.25, 0.3) is 6.39 Å². The fourth-order valence-corrected chi connectivity index (χ4v) is 1.88. The Morgan fingerprint density at radius 2 is 2.05 bits per heavy atom. The van der Waals surface area contributed by atoms with E-state index in [-0.39, 0.29) is 5.97 Å². The van der Waals surface area contributed by atoms with Crippen molar-refractivity contribution in [2.24, 2.45) is 0 Å². The Bertz CT molecular complexity index is 541. The number of rotatable bonds is 4. The van der Waals surface area contributed by atoms with Crippen LogP contribution in [0.1, 0.15) is 38.0 Å². The zero-order chi connectivity index (χ0) is 14.6. The lowest BCUT2D eigenvalue weighted by atomic mass is 9.97. The monoisotopic (exact) mass is 272 g/mol. The zero-order valence-corrected chi connectivity index (χ0v) is 11.9. The third-order valence-corrected chi connectivity index (χ3v) is 2.73. The van der Waals surface area contributed by atoms with Gasteiger partial charge in [0.2, 0.25) is 0 Å². The Kier molecular flexibility index (Phi) is 4.23. The number of oxazole rings is 1. The largest absolute Gasteiger partial charge is 0.459 e. The van der Waals surface area contributed by atoms with Crippen LogP contribution in [-0.4, -0.2) is 16.6 Å². The third-order valence-electron chi connectivity index (χ3n) is 2.73. The van der Waals surface area contributed by atoms with Crippen LogP contribution in [-0.2, 0) is 16.0 Å². The van der Waals surface area contributed by atoms with Crippen LogP contribution >= 0.6 is 0 Å². The molecule has 4 nitrogen and oxygen atoms in total. The summed E-state index contributed by atoms with van der Waals surface area (Å²) in [7, 11) is 0. The first-order chi connectivity index (χ1) is 9.46. The molecule has 1 atom stereocenters. The minimum absolute atomic E-state index is 0.313. The van der Waals surface area contributed by atoms with Crippen molar-refractivity contribution in [1.82, 2.24) is 4.98 Å². The van der Waals surface area contributed by atoms with Crippen LogP contribution in [0.25, 0.3) is 0 Å². The Balaban J connectivity index is 2.20. The van der Waals surface area contributed by atoms with Crippen molar-refractivity contribution in [3.05, 3.63) is 54.2 Å². The molecule has 0 aliphatic rings. The van der Waals surface area contributed by atoms with Crippen molar-refractivity contribution >= 4 is 5.97 Å². The smallest absolute Gasteiger partial charge is 0.317 e. The number of esters is 1. The minimum Gasteiger partial charge on any atom is -0.459 e. The number of nitrogens with zero attached hydrogens (tertiary/aromatic N) is 1. The second-order valence-corrected chi connectivity index (χ2v) is 5.63. The molecular weight excluding hydrogens is 254 g/mol. The van der Waals surface area contributed by atoms with Crippen molar-refractivity contribution in [2.75, 3.05) is 0 Å². The van der Waals surface area contributed by atoms with Gasteiger partial charge >= 0.3 is 5.97 Å². The van der Waals surface area contributed by atoms with Crippen molar-refractivity contribution in [2.45, 2.75) is 38.7 Å². The number of benzene rings is 1. The van der Waals surface area contributed by atoms with E-state index < -0.39 is 11.5 Å². The van der Waals surface area contributed by atoms with Crippen LogP contribution in [0.5, 0.6) is 0 Å². The summed E-state index contributed by atoms with van der Waals surface area (Å²) in [5.74, 6) is -0.343. The summed E-state index contributed by atoms with van der Waals surface area (Å²) in [6, 6.07) is 9.76. The lowest BCUT2D eigenvalue weighted by Crippen LogP contribution is -2.28. The van der Waals surface area contributed by atoms with E-state index in [0.29, 0.717) is 12.2 Å². The quantitative estimate of drug-likeness (QED) is 0.802. The average molecular weight is 272 g/mol. The molecule has 1 aromatic heterocycles. The fourth-order valence-electron chi connectivity index (χ4n) is 1.88. The standard InChI is InChI=1S/C16H18NO3/c1-16(2,3)20-15(18)13(14-10-17-11-19-14)9-12-7-5-4-6-8-12/h4-8,10,13H,9H2,1-3H3. The molecule has 20 heavy (non-hydrogen) atoms. The number of hydrogen-bond acceptors (Lipinski definition) is 4. The van der Waals surface area contributed by atoms with E-state index >= 15 is 0 Å². The second-order valence-electron chi connectivity index (χ2n) is 5.63. The highest BCUT2D eigenvalue weighted by atomic mass is 16.6. The van der Waals surface area contributed by atoms with Crippen LogP contribution in [0.3, 0.4) is 0 Å². The second kappa shape index (κ2) is 5.90. The number of ether oxygens (including phenoxy) is 1. The van der Waals surface area contributed by atoms with Crippen molar-refractivity contribution in [3.63, 3.8) is 0 Å². The summed E-state index contributed by atoms with van der Waals surface area (Å²) in [6.45, 7) is 5.53. The zero-order valence-electron chi connectivity index (χ0n) is 11.9. The summed E-state index contributed by atoms with van der Waals surface area (Å²) in [4.78, 5) is 16.1. The molecule has 2 rings (SSSR count). The van der Waals surface area contributed by atoms with Gasteiger partial charge < -0.3 is 9.15 Å². The van der Waals surface area contributed by atoms with E-state index in [9.17, 15) is 4.79 Å².